The van der Waals surface area contributed by atoms with E-state index in [0.717, 1.165) is 44.1 Å². The maximum atomic E-state index is 12.6. The highest BCUT2D eigenvalue weighted by atomic mass is 16.2. The fourth-order valence-electron chi connectivity index (χ4n) is 3.92. The Hall–Kier alpha value is -1.88. The molecule has 2 amide bonds. The molecule has 136 valence electrons. The molecule has 0 radical (unpaired) electrons. The predicted molar refractivity (Wildman–Crippen MR) is 97.7 cm³/mol. The van der Waals surface area contributed by atoms with Crippen LogP contribution in [0, 0.1) is 12.8 Å². The molecule has 0 spiro atoms. The first-order chi connectivity index (χ1) is 12.0. The van der Waals surface area contributed by atoms with Gasteiger partial charge in [0.15, 0.2) is 0 Å². The van der Waals surface area contributed by atoms with E-state index in [1.165, 1.54) is 5.56 Å². The van der Waals surface area contributed by atoms with Crippen molar-refractivity contribution >= 4 is 11.8 Å². The summed E-state index contributed by atoms with van der Waals surface area (Å²) < 4.78 is 0. The van der Waals surface area contributed by atoms with Crippen LogP contribution in [-0.2, 0) is 16.1 Å². The number of aryl methyl sites for hydroxylation is 1. The van der Waals surface area contributed by atoms with Gasteiger partial charge in [0, 0.05) is 25.6 Å². The number of carbonyl (C=O) groups is 2. The summed E-state index contributed by atoms with van der Waals surface area (Å²) in [5, 5.41) is 3.03. The van der Waals surface area contributed by atoms with Crippen molar-refractivity contribution in [2.45, 2.75) is 57.5 Å². The molecule has 1 saturated heterocycles. The second-order valence-electron chi connectivity index (χ2n) is 7.63. The van der Waals surface area contributed by atoms with Gasteiger partial charge in [0.25, 0.3) is 0 Å². The van der Waals surface area contributed by atoms with Crippen LogP contribution in [0.25, 0.3) is 0 Å². The number of carbonyl (C=O) groups excluding carboxylic acids is 2. The molecule has 1 aromatic rings. The van der Waals surface area contributed by atoms with E-state index in [-0.39, 0.29) is 17.7 Å². The Morgan fingerprint density at radius 1 is 1.16 bits per heavy atom. The number of hydrogen-bond donors (Lipinski definition) is 2. The molecule has 0 aromatic heterocycles. The number of rotatable bonds is 4. The molecule has 1 aliphatic carbocycles. The smallest absolute Gasteiger partial charge is 0.242 e. The molecule has 2 aliphatic rings. The number of likely N-dealkylation sites (tertiary alicyclic amines) is 1. The average Bonchev–Trinajstić information content (AvgIpc) is 3.08. The molecule has 5 heteroatoms. The maximum absolute atomic E-state index is 12.6. The van der Waals surface area contributed by atoms with Crippen LogP contribution >= 0.6 is 0 Å². The standard InChI is InChI=1S/C20H29N3O2/c1-15-4-6-16(7-5-15)14-22-18(24)17-8-12-23(13-9-17)19(25)20(21)10-2-3-11-20/h4-7,17H,2-3,8-14,21H2,1H3,(H,22,24). The lowest BCUT2D eigenvalue weighted by Gasteiger charge is -2.36. The molecule has 0 bridgehead atoms. The Labute approximate surface area is 150 Å². The van der Waals surface area contributed by atoms with E-state index in [9.17, 15) is 9.59 Å². The molecule has 1 heterocycles. The number of nitrogens with two attached hydrogens (primary N) is 1. The zero-order chi connectivity index (χ0) is 17.9. The molecule has 25 heavy (non-hydrogen) atoms. The minimum Gasteiger partial charge on any atom is -0.352 e. The fraction of sp³-hybridized carbons (Fsp3) is 0.600. The summed E-state index contributed by atoms with van der Waals surface area (Å²) in [6, 6.07) is 8.19. The first-order valence-electron chi connectivity index (χ1n) is 9.39. The maximum Gasteiger partial charge on any atom is 0.242 e. The lowest BCUT2D eigenvalue weighted by molar-refractivity contribution is -0.140. The molecule has 5 nitrogen and oxygen atoms in total. The molecule has 1 saturated carbocycles. The van der Waals surface area contributed by atoms with Crippen molar-refractivity contribution in [3.8, 4) is 0 Å². The monoisotopic (exact) mass is 343 g/mol. The van der Waals surface area contributed by atoms with E-state index in [4.69, 9.17) is 5.73 Å². The largest absolute Gasteiger partial charge is 0.352 e. The van der Waals surface area contributed by atoms with Crippen LogP contribution in [-0.4, -0.2) is 35.3 Å². The number of piperidine rings is 1. The van der Waals surface area contributed by atoms with Gasteiger partial charge in [-0.2, -0.15) is 0 Å². The third-order valence-electron chi connectivity index (χ3n) is 5.66. The Morgan fingerprint density at radius 2 is 1.76 bits per heavy atom. The molecule has 3 N–H and O–H groups in total. The van der Waals surface area contributed by atoms with Crippen LogP contribution < -0.4 is 11.1 Å². The molecule has 3 rings (SSSR count). The molecule has 1 aliphatic heterocycles. The summed E-state index contributed by atoms with van der Waals surface area (Å²) in [7, 11) is 0. The van der Waals surface area contributed by atoms with Crippen molar-refractivity contribution in [3.05, 3.63) is 35.4 Å². The van der Waals surface area contributed by atoms with E-state index in [1.54, 1.807) is 0 Å². The van der Waals surface area contributed by atoms with Crippen LogP contribution in [0.15, 0.2) is 24.3 Å². The third kappa shape index (κ3) is 4.21. The average molecular weight is 343 g/mol. The fourth-order valence-corrected chi connectivity index (χ4v) is 3.92. The highest BCUT2D eigenvalue weighted by molar-refractivity contribution is 5.87. The molecule has 1 aromatic carbocycles. The van der Waals surface area contributed by atoms with Crippen LogP contribution in [0.4, 0.5) is 0 Å². The van der Waals surface area contributed by atoms with E-state index < -0.39 is 5.54 Å². The highest BCUT2D eigenvalue weighted by Gasteiger charge is 2.41. The second-order valence-corrected chi connectivity index (χ2v) is 7.63. The summed E-state index contributed by atoms with van der Waals surface area (Å²) in [5.74, 6) is 0.173. The van der Waals surface area contributed by atoms with Crippen molar-refractivity contribution in [2.75, 3.05) is 13.1 Å². The van der Waals surface area contributed by atoms with E-state index in [0.29, 0.717) is 19.6 Å². The lowest BCUT2D eigenvalue weighted by atomic mass is 9.92. The lowest BCUT2D eigenvalue weighted by Crippen LogP contribution is -2.55. The zero-order valence-electron chi connectivity index (χ0n) is 15.1. The number of hydrogen-bond acceptors (Lipinski definition) is 3. The van der Waals surface area contributed by atoms with Crippen LogP contribution in [0.5, 0.6) is 0 Å². The Bertz CT molecular complexity index is 612. The van der Waals surface area contributed by atoms with Gasteiger partial charge in [0.1, 0.15) is 0 Å². The molecular formula is C20H29N3O2. The Morgan fingerprint density at radius 3 is 2.36 bits per heavy atom. The van der Waals surface area contributed by atoms with Crippen molar-refractivity contribution in [1.82, 2.24) is 10.2 Å². The van der Waals surface area contributed by atoms with Gasteiger partial charge in [0.05, 0.1) is 5.54 Å². The first-order valence-corrected chi connectivity index (χ1v) is 9.39. The predicted octanol–water partition coefficient (Wildman–Crippen LogP) is 2.12. The number of nitrogens with zero attached hydrogens (tertiary/aromatic N) is 1. The van der Waals surface area contributed by atoms with Crippen molar-refractivity contribution in [3.63, 3.8) is 0 Å². The number of nitrogens with one attached hydrogen (secondary N) is 1. The van der Waals surface area contributed by atoms with Gasteiger partial charge in [0.2, 0.25) is 11.8 Å². The van der Waals surface area contributed by atoms with Gasteiger partial charge in [-0.25, -0.2) is 0 Å². The SMILES string of the molecule is Cc1ccc(CNC(=O)C2CCN(C(=O)C3(N)CCCC3)CC2)cc1. The van der Waals surface area contributed by atoms with E-state index in [1.807, 2.05) is 17.0 Å². The minimum absolute atomic E-state index is 0.00759. The van der Waals surface area contributed by atoms with E-state index >= 15 is 0 Å². The quantitative estimate of drug-likeness (QED) is 0.879. The Balaban J connectivity index is 1.46. The second kappa shape index (κ2) is 7.56. The van der Waals surface area contributed by atoms with Crippen molar-refractivity contribution < 1.29 is 9.59 Å². The zero-order valence-corrected chi connectivity index (χ0v) is 15.1. The molecule has 0 atom stereocenters. The highest BCUT2D eigenvalue weighted by Crippen LogP contribution is 2.30. The van der Waals surface area contributed by atoms with Crippen LogP contribution in [0.2, 0.25) is 0 Å². The summed E-state index contributed by atoms with van der Waals surface area (Å²) in [4.78, 5) is 26.9. The van der Waals surface area contributed by atoms with Gasteiger partial charge in [-0.3, -0.25) is 9.59 Å². The van der Waals surface area contributed by atoms with Gasteiger partial charge >= 0.3 is 0 Å². The summed E-state index contributed by atoms with van der Waals surface area (Å²) in [6.07, 6.45) is 5.12. The van der Waals surface area contributed by atoms with Crippen LogP contribution in [0.1, 0.15) is 49.7 Å². The first kappa shape index (κ1) is 17.9. The summed E-state index contributed by atoms with van der Waals surface area (Å²) >= 11 is 0. The molecular weight excluding hydrogens is 314 g/mol. The third-order valence-corrected chi connectivity index (χ3v) is 5.66. The molecule has 2 fully saturated rings. The minimum atomic E-state index is -0.652. The number of amides is 2. The van der Waals surface area contributed by atoms with E-state index in [2.05, 4.69) is 24.4 Å². The van der Waals surface area contributed by atoms with Crippen LogP contribution in [0.3, 0.4) is 0 Å². The molecule has 0 unspecified atom stereocenters. The normalized spacial score (nSPS) is 20.5. The van der Waals surface area contributed by atoms with Gasteiger partial charge in [-0.1, -0.05) is 42.7 Å². The summed E-state index contributed by atoms with van der Waals surface area (Å²) in [6.45, 7) is 3.89. The van der Waals surface area contributed by atoms with Gasteiger partial charge < -0.3 is 16.0 Å². The van der Waals surface area contributed by atoms with Gasteiger partial charge in [-0.15, -0.1) is 0 Å². The van der Waals surface area contributed by atoms with Crippen molar-refractivity contribution in [2.24, 2.45) is 11.7 Å². The Kier molecular flexibility index (Phi) is 5.42. The summed E-state index contributed by atoms with van der Waals surface area (Å²) in [5.41, 5.74) is 7.95. The number of benzene rings is 1. The van der Waals surface area contributed by atoms with Gasteiger partial charge in [-0.05, 0) is 38.2 Å². The van der Waals surface area contributed by atoms with Crippen molar-refractivity contribution in [1.29, 1.82) is 0 Å². The topological polar surface area (TPSA) is 75.4 Å².